The third kappa shape index (κ3) is 1.15. The van der Waals surface area contributed by atoms with Gasteiger partial charge in [-0.15, -0.1) is 0 Å². The van der Waals surface area contributed by atoms with Crippen molar-refractivity contribution in [3.8, 4) is 0 Å². The first kappa shape index (κ1) is 7.53. The fourth-order valence-electron chi connectivity index (χ4n) is 1.72. The van der Waals surface area contributed by atoms with Gasteiger partial charge in [0, 0.05) is 12.1 Å². The lowest BCUT2D eigenvalue weighted by molar-refractivity contribution is 0.608. The lowest BCUT2D eigenvalue weighted by Crippen LogP contribution is -2.19. The smallest absolute Gasteiger partial charge is 0.0574 e. The zero-order valence-corrected chi connectivity index (χ0v) is 7.49. The summed E-state index contributed by atoms with van der Waals surface area (Å²) in [5.41, 5.74) is 2.74. The van der Waals surface area contributed by atoms with Crippen molar-refractivity contribution >= 4 is 6.21 Å². The van der Waals surface area contributed by atoms with E-state index >= 15 is 0 Å². The first-order chi connectivity index (χ1) is 5.77. The number of allylic oxidation sites excluding steroid dienone is 4. The Bertz CT molecular complexity index is 305. The van der Waals surface area contributed by atoms with E-state index in [2.05, 4.69) is 43.1 Å². The molecule has 0 aromatic carbocycles. The molecule has 1 aliphatic carbocycles. The average Bonchev–Trinajstić information content (AvgIpc) is 2.07. The van der Waals surface area contributed by atoms with Crippen LogP contribution in [0.25, 0.3) is 0 Å². The third-order valence-electron chi connectivity index (χ3n) is 2.47. The topological polar surface area (TPSA) is 12.4 Å². The van der Waals surface area contributed by atoms with Gasteiger partial charge in [-0.2, -0.15) is 0 Å². The minimum atomic E-state index is 0.407. The maximum absolute atomic E-state index is 4.37. The summed E-state index contributed by atoms with van der Waals surface area (Å²) >= 11 is 0. The Morgan fingerprint density at radius 2 is 2.17 bits per heavy atom. The molecule has 0 N–H and O–H groups in total. The molecule has 62 valence electrons. The van der Waals surface area contributed by atoms with Crippen LogP contribution in [-0.4, -0.2) is 12.3 Å². The van der Waals surface area contributed by atoms with Crippen LogP contribution in [-0.2, 0) is 0 Å². The molecule has 0 bridgehead atoms. The van der Waals surface area contributed by atoms with Crippen LogP contribution in [0, 0.1) is 5.92 Å². The summed E-state index contributed by atoms with van der Waals surface area (Å²) in [7, 11) is 0. The summed E-state index contributed by atoms with van der Waals surface area (Å²) in [6.45, 7) is 4.30. The second-order valence-electron chi connectivity index (χ2n) is 3.48. The van der Waals surface area contributed by atoms with Crippen LogP contribution >= 0.6 is 0 Å². The van der Waals surface area contributed by atoms with Gasteiger partial charge in [-0.3, -0.25) is 4.99 Å². The molecule has 2 atom stereocenters. The van der Waals surface area contributed by atoms with Crippen molar-refractivity contribution in [2.75, 3.05) is 0 Å². The standard InChI is InChI=1S/C11H13N/c1-8-3-4-10-5-6-12-9(2)11(10)7-8/h3-7,9,11H,1-2H3. The minimum absolute atomic E-state index is 0.407. The summed E-state index contributed by atoms with van der Waals surface area (Å²) in [4.78, 5) is 4.37. The molecule has 0 radical (unpaired) electrons. The predicted molar refractivity (Wildman–Crippen MR) is 52.4 cm³/mol. The molecule has 12 heavy (non-hydrogen) atoms. The van der Waals surface area contributed by atoms with Gasteiger partial charge in [-0.05, 0) is 25.5 Å². The Morgan fingerprint density at radius 3 is 3.00 bits per heavy atom. The van der Waals surface area contributed by atoms with E-state index in [4.69, 9.17) is 0 Å². The molecule has 0 aromatic rings. The van der Waals surface area contributed by atoms with Crippen LogP contribution < -0.4 is 0 Å². The summed E-state index contributed by atoms with van der Waals surface area (Å²) in [5, 5.41) is 0. The van der Waals surface area contributed by atoms with Crippen molar-refractivity contribution in [3.05, 3.63) is 35.5 Å². The maximum Gasteiger partial charge on any atom is 0.0574 e. The number of rotatable bonds is 0. The van der Waals surface area contributed by atoms with Crippen LogP contribution in [0.15, 0.2) is 40.4 Å². The normalized spacial score (nSPS) is 32.5. The van der Waals surface area contributed by atoms with Crippen molar-refractivity contribution in [3.63, 3.8) is 0 Å². The molecule has 0 amide bonds. The van der Waals surface area contributed by atoms with Gasteiger partial charge in [0.05, 0.1) is 6.04 Å². The maximum atomic E-state index is 4.37. The second kappa shape index (κ2) is 2.74. The lowest BCUT2D eigenvalue weighted by Gasteiger charge is -2.24. The summed E-state index contributed by atoms with van der Waals surface area (Å²) < 4.78 is 0. The molecule has 1 heterocycles. The Hall–Kier alpha value is -1.11. The lowest BCUT2D eigenvalue weighted by atomic mass is 9.85. The van der Waals surface area contributed by atoms with Crippen molar-refractivity contribution in [1.29, 1.82) is 0 Å². The van der Waals surface area contributed by atoms with Crippen LogP contribution in [0.4, 0.5) is 0 Å². The largest absolute Gasteiger partial charge is 0.289 e. The van der Waals surface area contributed by atoms with Gasteiger partial charge in [0.25, 0.3) is 0 Å². The molecule has 2 unspecified atom stereocenters. The Morgan fingerprint density at radius 1 is 1.33 bits per heavy atom. The molecule has 0 saturated carbocycles. The van der Waals surface area contributed by atoms with Crippen molar-refractivity contribution < 1.29 is 0 Å². The quantitative estimate of drug-likeness (QED) is 0.515. The Balaban J connectivity index is 2.36. The monoisotopic (exact) mass is 159 g/mol. The zero-order valence-electron chi connectivity index (χ0n) is 7.49. The van der Waals surface area contributed by atoms with Crippen LogP contribution in [0.2, 0.25) is 0 Å². The molecular formula is C11H13N. The number of hydrogen-bond donors (Lipinski definition) is 0. The number of nitrogens with zero attached hydrogens (tertiary/aromatic N) is 1. The third-order valence-corrected chi connectivity index (χ3v) is 2.47. The van der Waals surface area contributed by atoms with Crippen molar-refractivity contribution in [2.45, 2.75) is 19.9 Å². The van der Waals surface area contributed by atoms with E-state index in [-0.39, 0.29) is 0 Å². The SMILES string of the molecule is CC1=CC2C(=CC=NC2C)C=C1. The average molecular weight is 159 g/mol. The predicted octanol–water partition coefficient (Wildman–Crippen LogP) is 2.52. The Kier molecular flexibility index (Phi) is 1.72. The summed E-state index contributed by atoms with van der Waals surface area (Å²) in [6.07, 6.45) is 10.7. The highest BCUT2D eigenvalue weighted by molar-refractivity contribution is 5.75. The van der Waals surface area contributed by atoms with Gasteiger partial charge in [-0.25, -0.2) is 0 Å². The minimum Gasteiger partial charge on any atom is -0.289 e. The number of aliphatic imine (C=N–C) groups is 1. The molecule has 0 spiro atoms. The van der Waals surface area contributed by atoms with Gasteiger partial charge in [0.2, 0.25) is 0 Å². The van der Waals surface area contributed by atoms with Gasteiger partial charge >= 0.3 is 0 Å². The molecule has 0 aromatic heterocycles. The van der Waals surface area contributed by atoms with E-state index < -0.39 is 0 Å². The van der Waals surface area contributed by atoms with E-state index in [1.165, 1.54) is 11.1 Å². The fourth-order valence-corrected chi connectivity index (χ4v) is 1.72. The Labute approximate surface area is 73.2 Å². The highest BCUT2D eigenvalue weighted by atomic mass is 14.8. The van der Waals surface area contributed by atoms with E-state index in [0.29, 0.717) is 12.0 Å². The van der Waals surface area contributed by atoms with Gasteiger partial charge in [0.15, 0.2) is 0 Å². The molecule has 1 heteroatoms. The molecule has 2 aliphatic rings. The van der Waals surface area contributed by atoms with Gasteiger partial charge in [-0.1, -0.05) is 23.8 Å². The summed E-state index contributed by atoms with van der Waals surface area (Å²) in [6, 6.07) is 0.407. The summed E-state index contributed by atoms with van der Waals surface area (Å²) in [5.74, 6) is 0.514. The zero-order chi connectivity index (χ0) is 8.55. The molecular weight excluding hydrogens is 146 g/mol. The molecule has 1 aliphatic heterocycles. The van der Waals surface area contributed by atoms with E-state index in [1.807, 2.05) is 6.21 Å². The van der Waals surface area contributed by atoms with Crippen LogP contribution in [0.3, 0.4) is 0 Å². The molecule has 1 nitrogen and oxygen atoms in total. The van der Waals surface area contributed by atoms with Crippen molar-refractivity contribution in [2.24, 2.45) is 10.9 Å². The highest BCUT2D eigenvalue weighted by Crippen LogP contribution is 2.28. The number of dihydropyridines is 1. The van der Waals surface area contributed by atoms with Gasteiger partial charge in [0.1, 0.15) is 0 Å². The number of hydrogen-bond acceptors (Lipinski definition) is 1. The van der Waals surface area contributed by atoms with Crippen LogP contribution in [0.5, 0.6) is 0 Å². The molecule has 0 fully saturated rings. The fraction of sp³-hybridized carbons (Fsp3) is 0.364. The molecule has 0 saturated heterocycles. The van der Waals surface area contributed by atoms with Gasteiger partial charge < -0.3 is 0 Å². The molecule has 2 rings (SSSR count). The number of fused-ring (bicyclic) bond motifs is 1. The second-order valence-corrected chi connectivity index (χ2v) is 3.48. The van der Waals surface area contributed by atoms with Crippen molar-refractivity contribution in [1.82, 2.24) is 0 Å². The first-order valence-corrected chi connectivity index (χ1v) is 4.37. The van der Waals surface area contributed by atoms with E-state index in [1.54, 1.807) is 0 Å². The van der Waals surface area contributed by atoms with E-state index in [0.717, 1.165) is 0 Å². The van der Waals surface area contributed by atoms with Crippen LogP contribution in [0.1, 0.15) is 13.8 Å². The first-order valence-electron chi connectivity index (χ1n) is 4.37. The highest BCUT2D eigenvalue weighted by Gasteiger charge is 2.20. The van der Waals surface area contributed by atoms with E-state index in [9.17, 15) is 0 Å².